The predicted octanol–water partition coefficient (Wildman–Crippen LogP) is 0.965. The molecule has 0 atom stereocenters. The third-order valence-corrected chi connectivity index (χ3v) is 2.26. The Hall–Kier alpha value is -2.03. The molecule has 17 heavy (non-hydrogen) atoms. The summed E-state index contributed by atoms with van der Waals surface area (Å²) in [5.41, 5.74) is 1.19. The van der Waals surface area contributed by atoms with Crippen molar-refractivity contribution in [3.8, 4) is 6.07 Å². The van der Waals surface area contributed by atoms with Crippen LogP contribution in [0.25, 0.3) is 0 Å². The summed E-state index contributed by atoms with van der Waals surface area (Å²) in [4.78, 5) is 11.1. The number of nitrogens with one attached hydrogen (secondary N) is 1. The van der Waals surface area contributed by atoms with Gasteiger partial charge in [-0.1, -0.05) is 0 Å². The van der Waals surface area contributed by atoms with Crippen molar-refractivity contribution >= 4 is 11.8 Å². The number of carbonyl (C=O) groups excluding carboxylic acids is 1. The van der Waals surface area contributed by atoms with Crippen LogP contribution in [-0.4, -0.2) is 28.9 Å². The lowest BCUT2D eigenvalue weighted by Gasteiger charge is -2.06. The number of nitrogens with zero attached hydrogens (tertiary/aromatic N) is 3. The molecule has 1 aromatic heterocycles. The van der Waals surface area contributed by atoms with Crippen molar-refractivity contribution in [2.45, 2.75) is 20.3 Å². The number of aryl methyl sites for hydroxylation is 2. The van der Waals surface area contributed by atoms with Crippen LogP contribution in [0.3, 0.4) is 0 Å². The van der Waals surface area contributed by atoms with Gasteiger partial charge in [0.2, 0.25) is 0 Å². The molecule has 0 saturated carbocycles. The minimum atomic E-state index is -0.252. The van der Waals surface area contributed by atoms with Crippen LogP contribution in [0.5, 0.6) is 0 Å². The lowest BCUT2D eigenvalue weighted by Crippen LogP contribution is -2.13. The first kappa shape index (κ1) is 13.0. The van der Waals surface area contributed by atoms with Crippen molar-refractivity contribution in [3.05, 3.63) is 11.3 Å². The van der Waals surface area contributed by atoms with E-state index in [-0.39, 0.29) is 12.4 Å². The van der Waals surface area contributed by atoms with Crippen LogP contribution in [0, 0.1) is 18.3 Å². The Labute approximate surface area is 100 Å². The van der Waals surface area contributed by atoms with Crippen LogP contribution in [0.1, 0.15) is 24.6 Å². The zero-order chi connectivity index (χ0) is 12.8. The minimum absolute atomic E-state index is 0.252. The number of carbonyl (C=O) groups is 1. The Morgan fingerprint density at radius 2 is 2.35 bits per heavy atom. The van der Waals surface area contributed by atoms with E-state index in [9.17, 15) is 4.79 Å². The van der Waals surface area contributed by atoms with Gasteiger partial charge < -0.3 is 10.1 Å². The Bertz CT molecular complexity index is 445. The van der Waals surface area contributed by atoms with Gasteiger partial charge in [0.25, 0.3) is 0 Å². The molecule has 1 rings (SSSR count). The molecular formula is C11H16N4O2. The summed E-state index contributed by atoms with van der Waals surface area (Å²) in [7, 11) is 1.75. The van der Waals surface area contributed by atoms with Crippen molar-refractivity contribution in [1.82, 2.24) is 9.78 Å². The van der Waals surface area contributed by atoms with Crippen LogP contribution in [0.2, 0.25) is 0 Å². The van der Waals surface area contributed by atoms with Crippen molar-refractivity contribution in [2.24, 2.45) is 7.05 Å². The van der Waals surface area contributed by atoms with Gasteiger partial charge in [0, 0.05) is 13.6 Å². The minimum Gasteiger partial charge on any atom is -0.466 e. The van der Waals surface area contributed by atoms with Crippen molar-refractivity contribution in [3.63, 3.8) is 0 Å². The highest BCUT2D eigenvalue weighted by Gasteiger charge is 2.12. The Kier molecular flexibility index (Phi) is 4.52. The number of hydrogen-bond donors (Lipinski definition) is 1. The molecule has 6 nitrogen and oxygen atoms in total. The van der Waals surface area contributed by atoms with Gasteiger partial charge in [0.1, 0.15) is 17.5 Å². The molecule has 0 fully saturated rings. The predicted molar refractivity (Wildman–Crippen MR) is 62.4 cm³/mol. The average Bonchev–Trinajstić information content (AvgIpc) is 2.54. The van der Waals surface area contributed by atoms with Crippen LogP contribution in [-0.2, 0) is 16.6 Å². The summed E-state index contributed by atoms with van der Waals surface area (Å²) in [6.07, 6.45) is 0.267. The van der Waals surface area contributed by atoms with Gasteiger partial charge >= 0.3 is 5.97 Å². The van der Waals surface area contributed by atoms with Crippen molar-refractivity contribution < 1.29 is 9.53 Å². The van der Waals surface area contributed by atoms with E-state index in [1.807, 2.05) is 0 Å². The molecule has 0 aromatic carbocycles. The summed E-state index contributed by atoms with van der Waals surface area (Å²) in [5.74, 6) is 0.381. The zero-order valence-corrected chi connectivity index (χ0v) is 10.3. The van der Waals surface area contributed by atoms with E-state index < -0.39 is 0 Å². The fraction of sp³-hybridized carbons (Fsp3) is 0.545. The fourth-order valence-corrected chi connectivity index (χ4v) is 1.51. The molecule has 0 aliphatic heterocycles. The fourth-order valence-electron chi connectivity index (χ4n) is 1.51. The van der Waals surface area contributed by atoms with Gasteiger partial charge in [-0.3, -0.25) is 9.48 Å². The molecule has 1 N–H and O–H groups in total. The number of hydrogen-bond acceptors (Lipinski definition) is 5. The summed E-state index contributed by atoms with van der Waals surface area (Å²) >= 11 is 0. The highest BCUT2D eigenvalue weighted by molar-refractivity contribution is 5.70. The first-order valence-corrected chi connectivity index (χ1v) is 5.43. The largest absolute Gasteiger partial charge is 0.466 e. The lowest BCUT2D eigenvalue weighted by molar-refractivity contribution is -0.142. The lowest BCUT2D eigenvalue weighted by atomic mass is 10.2. The van der Waals surface area contributed by atoms with E-state index in [4.69, 9.17) is 10.00 Å². The zero-order valence-electron chi connectivity index (χ0n) is 10.3. The second kappa shape index (κ2) is 5.89. The maximum Gasteiger partial charge on any atom is 0.307 e. The topological polar surface area (TPSA) is 79.9 Å². The summed E-state index contributed by atoms with van der Waals surface area (Å²) < 4.78 is 6.40. The standard InChI is InChI=1S/C11H16N4O2/c1-4-17-10(16)5-6-13-11-9(7-12)8(2)14-15(11)3/h13H,4-6H2,1-3H3. The van der Waals surface area contributed by atoms with Crippen molar-refractivity contribution in [2.75, 3.05) is 18.5 Å². The van der Waals surface area contributed by atoms with E-state index in [0.29, 0.717) is 30.2 Å². The molecule has 0 amide bonds. The van der Waals surface area contributed by atoms with E-state index in [2.05, 4.69) is 16.5 Å². The van der Waals surface area contributed by atoms with E-state index in [1.165, 1.54) is 0 Å². The van der Waals surface area contributed by atoms with E-state index in [1.54, 1.807) is 25.6 Å². The Balaban J connectivity index is 2.58. The Morgan fingerprint density at radius 1 is 1.65 bits per heavy atom. The first-order valence-electron chi connectivity index (χ1n) is 5.43. The van der Waals surface area contributed by atoms with Gasteiger partial charge in [0.05, 0.1) is 18.7 Å². The van der Waals surface area contributed by atoms with Crippen LogP contribution >= 0.6 is 0 Å². The highest BCUT2D eigenvalue weighted by Crippen LogP contribution is 2.16. The molecule has 0 unspecified atom stereocenters. The summed E-state index contributed by atoms with van der Waals surface area (Å²) in [6.45, 7) is 4.35. The molecule has 1 heterocycles. The van der Waals surface area contributed by atoms with Crippen LogP contribution in [0.4, 0.5) is 5.82 Å². The normalized spacial score (nSPS) is 9.76. The van der Waals surface area contributed by atoms with Crippen LogP contribution < -0.4 is 5.32 Å². The quantitative estimate of drug-likeness (QED) is 0.770. The molecule has 1 aromatic rings. The summed E-state index contributed by atoms with van der Waals surface area (Å²) in [6, 6.07) is 2.09. The molecule has 0 saturated heterocycles. The molecule has 0 radical (unpaired) electrons. The Morgan fingerprint density at radius 3 is 2.94 bits per heavy atom. The third kappa shape index (κ3) is 3.21. The second-order valence-electron chi connectivity index (χ2n) is 3.53. The average molecular weight is 236 g/mol. The third-order valence-electron chi connectivity index (χ3n) is 2.26. The molecule has 0 bridgehead atoms. The van der Waals surface area contributed by atoms with Crippen LogP contribution in [0.15, 0.2) is 0 Å². The van der Waals surface area contributed by atoms with Gasteiger partial charge in [-0.15, -0.1) is 0 Å². The number of rotatable bonds is 5. The van der Waals surface area contributed by atoms with Gasteiger partial charge in [-0.2, -0.15) is 10.4 Å². The van der Waals surface area contributed by atoms with E-state index >= 15 is 0 Å². The molecular weight excluding hydrogens is 220 g/mol. The molecule has 6 heteroatoms. The van der Waals surface area contributed by atoms with Crippen molar-refractivity contribution in [1.29, 1.82) is 5.26 Å². The number of ether oxygens (including phenoxy) is 1. The number of nitriles is 1. The molecule has 0 spiro atoms. The molecule has 0 aliphatic rings. The van der Waals surface area contributed by atoms with Gasteiger partial charge in [0.15, 0.2) is 0 Å². The maximum absolute atomic E-state index is 11.1. The number of esters is 1. The maximum atomic E-state index is 11.1. The second-order valence-corrected chi connectivity index (χ2v) is 3.53. The summed E-state index contributed by atoms with van der Waals surface area (Å²) in [5, 5.41) is 16.1. The molecule has 0 aliphatic carbocycles. The molecule has 92 valence electrons. The highest BCUT2D eigenvalue weighted by atomic mass is 16.5. The SMILES string of the molecule is CCOC(=O)CCNc1c(C#N)c(C)nn1C. The monoisotopic (exact) mass is 236 g/mol. The van der Waals surface area contributed by atoms with Gasteiger partial charge in [-0.25, -0.2) is 0 Å². The number of anilines is 1. The smallest absolute Gasteiger partial charge is 0.307 e. The first-order chi connectivity index (χ1) is 8.10. The van der Waals surface area contributed by atoms with E-state index in [0.717, 1.165) is 0 Å². The number of aromatic nitrogens is 2. The van der Waals surface area contributed by atoms with Gasteiger partial charge in [-0.05, 0) is 13.8 Å².